The third-order valence-electron chi connectivity index (χ3n) is 4.05. The van der Waals surface area contributed by atoms with E-state index in [4.69, 9.17) is 20.9 Å². The van der Waals surface area contributed by atoms with E-state index in [9.17, 15) is 0 Å². The van der Waals surface area contributed by atoms with Gasteiger partial charge in [-0.15, -0.1) is 10.2 Å². The van der Waals surface area contributed by atoms with E-state index in [1.54, 1.807) is 19.2 Å². The molecule has 4 aromatic rings. The summed E-state index contributed by atoms with van der Waals surface area (Å²) in [5.74, 6) is 3.11. The summed E-state index contributed by atoms with van der Waals surface area (Å²) in [6.45, 7) is 0. The minimum Gasteiger partial charge on any atom is -0.497 e. The van der Waals surface area contributed by atoms with Gasteiger partial charge in [0.05, 0.1) is 12.9 Å². The van der Waals surface area contributed by atoms with E-state index in [1.165, 1.54) is 11.8 Å². The molecule has 0 aliphatic heterocycles. The van der Waals surface area contributed by atoms with Crippen LogP contribution in [0.25, 0.3) is 22.8 Å². The van der Waals surface area contributed by atoms with Gasteiger partial charge in [-0.1, -0.05) is 34.6 Å². The minimum absolute atomic E-state index is 0.440. The second-order valence-corrected chi connectivity index (χ2v) is 7.29. The Balaban J connectivity index is 1.46. The number of methoxy groups -OCH3 is 1. The summed E-state index contributed by atoms with van der Waals surface area (Å²) in [5, 5.41) is 14.0. The average molecular weight is 414 g/mol. The Bertz CT molecular complexity index is 1090. The molecule has 0 radical (unpaired) electrons. The number of aromatic nitrogens is 5. The van der Waals surface area contributed by atoms with Gasteiger partial charge in [-0.2, -0.15) is 4.98 Å². The molecule has 0 N–H and O–H groups in total. The Morgan fingerprint density at radius 1 is 1.11 bits per heavy atom. The van der Waals surface area contributed by atoms with Crippen LogP contribution in [0, 0.1) is 0 Å². The van der Waals surface area contributed by atoms with Crippen LogP contribution in [0.4, 0.5) is 0 Å². The zero-order valence-corrected chi connectivity index (χ0v) is 16.7. The maximum atomic E-state index is 6.01. The molecule has 2 aromatic heterocycles. The lowest BCUT2D eigenvalue weighted by molar-refractivity contribution is 0.415. The predicted molar refractivity (Wildman–Crippen MR) is 107 cm³/mol. The molecule has 7 nitrogen and oxygen atoms in total. The van der Waals surface area contributed by atoms with Crippen molar-refractivity contribution in [2.75, 3.05) is 7.11 Å². The molecule has 28 heavy (non-hydrogen) atoms. The molecule has 4 rings (SSSR count). The molecule has 0 fully saturated rings. The average Bonchev–Trinajstić information content (AvgIpc) is 3.33. The molecule has 0 bridgehead atoms. The summed E-state index contributed by atoms with van der Waals surface area (Å²) in [5.41, 5.74) is 1.75. The van der Waals surface area contributed by atoms with Crippen LogP contribution in [-0.2, 0) is 12.8 Å². The summed E-state index contributed by atoms with van der Waals surface area (Å²) in [6.07, 6.45) is 0. The number of rotatable bonds is 6. The van der Waals surface area contributed by atoms with Crippen molar-refractivity contribution in [2.45, 2.75) is 10.9 Å². The smallest absolute Gasteiger partial charge is 0.258 e. The highest BCUT2D eigenvalue weighted by Gasteiger charge is 2.14. The number of ether oxygens (including phenoxy) is 1. The molecule has 142 valence electrons. The van der Waals surface area contributed by atoms with E-state index in [0.29, 0.717) is 22.5 Å². The number of thioether (sulfide) groups is 1. The van der Waals surface area contributed by atoms with Crippen molar-refractivity contribution in [2.24, 2.45) is 7.05 Å². The van der Waals surface area contributed by atoms with Crippen molar-refractivity contribution in [3.8, 4) is 28.6 Å². The van der Waals surface area contributed by atoms with Gasteiger partial charge in [-0.05, 0) is 42.5 Å². The Hall–Kier alpha value is -2.84. The third-order valence-corrected chi connectivity index (χ3v) is 5.30. The highest BCUT2D eigenvalue weighted by Crippen LogP contribution is 2.27. The number of nitrogens with zero attached hydrogens (tertiary/aromatic N) is 5. The lowest BCUT2D eigenvalue weighted by Gasteiger charge is -2.04. The standard InChI is InChI=1S/C19H16ClN5O2S/c1-25-17(12-6-8-15(26-2)9-7-12)22-23-19(25)28-11-16-21-18(27-24-16)13-4-3-5-14(20)10-13/h3-10H,11H2,1-2H3. The largest absolute Gasteiger partial charge is 0.497 e. The number of hydrogen-bond donors (Lipinski definition) is 0. The number of hydrogen-bond acceptors (Lipinski definition) is 7. The van der Waals surface area contributed by atoms with Crippen LogP contribution in [0.1, 0.15) is 5.82 Å². The summed E-state index contributed by atoms with van der Waals surface area (Å²) in [6, 6.07) is 15.0. The van der Waals surface area contributed by atoms with Crippen LogP contribution in [0.2, 0.25) is 5.02 Å². The van der Waals surface area contributed by atoms with Gasteiger partial charge in [0, 0.05) is 23.2 Å². The van der Waals surface area contributed by atoms with E-state index in [-0.39, 0.29) is 0 Å². The minimum atomic E-state index is 0.440. The first kappa shape index (κ1) is 18.5. The second kappa shape index (κ2) is 8.04. The number of halogens is 1. The molecule has 9 heteroatoms. The Morgan fingerprint density at radius 2 is 1.93 bits per heavy atom. The molecule has 0 aliphatic carbocycles. The Labute approximate surface area is 170 Å². The van der Waals surface area contributed by atoms with Gasteiger partial charge in [-0.25, -0.2) is 0 Å². The highest BCUT2D eigenvalue weighted by molar-refractivity contribution is 7.98. The fourth-order valence-corrected chi connectivity index (χ4v) is 3.56. The predicted octanol–water partition coefficient (Wildman–Crippen LogP) is 4.49. The molecule has 0 spiro atoms. The SMILES string of the molecule is COc1ccc(-c2nnc(SCc3noc(-c4cccc(Cl)c4)n3)n2C)cc1. The van der Waals surface area contributed by atoms with Crippen LogP contribution in [0.15, 0.2) is 58.2 Å². The van der Waals surface area contributed by atoms with Crippen molar-refractivity contribution >= 4 is 23.4 Å². The zero-order chi connectivity index (χ0) is 19.5. The second-order valence-electron chi connectivity index (χ2n) is 5.91. The molecule has 0 amide bonds. The monoisotopic (exact) mass is 413 g/mol. The normalized spacial score (nSPS) is 11.0. The van der Waals surface area contributed by atoms with Crippen molar-refractivity contribution in [1.29, 1.82) is 0 Å². The van der Waals surface area contributed by atoms with Gasteiger partial charge >= 0.3 is 0 Å². The van der Waals surface area contributed by atoms with Crippen molar-refractivity contribution in [3.05, 3.63) is 59.4 Å². The van der Waals surface area contributed by atoms with Gasteiger partial charge in [0.15, 0.2) is 16.8 Å². The van der Waals surface area contributed by atoms with Gasteiger partial charge in [-0.3, -0.25) is 0 Å². The highest BCUT2D eigenvalue weighted by atomic mass is 35.5. The molecule has 0 aliphatic rings. The molecule has 0 saturated heterocycles. The molecular weight excluding hydrogens is 398 g/mol. The zero-order valence-electron chi connectivity index (χ0n) is 15.2. The summed E-state index contributed by atoms with van der Waals surface area (Å²) in [4.78, 5) is 4.42. The molecule has 0 saturated carbocycles. The van der Waals surface area contributed by atoms with Crippen LogP contribution in [-0.4, -0.2) is 32.0 Å². The van der Waals surface area contributed by atoms with E-state index < -0.39 is 0 Å². The summed E-state index contributed by atoms with van der Waals surface area (Å²) in [7, 11) is 3.57. The first-order valence-corrected chi connectivity index (χ1v) is 9.75. The van der Waals surface area contributed by atoms with Gasteiger partial charge < -0.3 is 13.8 Å². The fourth-order valence-electron chi connectivity index (χ4n) is 2.61. The van der Waals surface area contributed by atoms with Crippen molar-refractivity contribution in [1.82, 2.24) is 24.9 Å². The van der Waals surface area contributed by atoms with Crippen LogP contribution in [0.3, 0.4) is 0 Å². The fraction of sp³-hybridized carbons (Fsp3) is 0.158. The van der Waals surface area contributed by atoms with E-state index in [2.05, 4.69) is 20.3 Å². The lowest BCUT2D eigenvalue weighted by Crippen LogP contribution is -1.95. The Morgan fingerprint density at radius 3 is 2.68 bits per heavy atom. The van der Waals surface area contributed by atoms with Crippen LogP contribution >= 0.6 is 23.4 Å². The van der Waals surface area contributed by atoms with Gasteiger partial charge in [0.1, 0.15) is 5.75 Å². The molecular formula is C19H16ClN5O2S. The molecule has 2 heterocycles. The summed E-state index contributed by atoms with van der Waals surface area (Å²) < 4.78 is 12.5. The maximum Gasteiger partial charge on any atom is 0.258 e. The molecule has 0 unspecified atom stereocenters. The first-order chi connectivity index (χ1) is 13.6. The Kier molecular flexibility index (Phi) is 5.31. The lowest BCUT2D eigenvalue weighted by atomic mass is 10.2. The van der Waals surface area contributed by atoms with Crippen molar-refractivity contribution < 1.29 is 9.26 Å². The van der Waals surface area contributed by atoms with E-state index in [0.717, 1.165) is 27.9 Å². The van der Waals surface area contributed by atoms with Gasteiger partial charge in [0.2, 0.25) is 0 Å². The van der Waals surface area contributed by atoms with E-state index in [1.807, 2.05) is 48.0 Å². The first-order valence-electron chi connectivity index (χ1n) is 8.39. The van der Waals surface area contributed by atoms with E-state index >= 15 is 0 Å². The summed E-state index contributed by atoms with van der Waals surface area (Å²) >= 11 is 7.50. The quantitative estimate of drug-likeness (QED) is 0.431. The maximum absolute atomic E-state index is 6.01. The van der Waals surface area contributed by atoms with Gasteiger partial charge in [0.25, 0.3) is 5.89 Å². The topological polar surface area (TPSA) is 78.9 Å². The molecule has 2 aromatic carbocycles. The number of benzene rings is 2. The van der Waals surface area contributed by atoms with Crippen LogP contribution < -0.4 is 4.74 Å². The van der Waals surface area contributed by atoms with Crippen molar-refractivity contribution in [3.63, 3.8) is 0 Å². The molecule has 0 atom stereocenters. The third kappa shape index (κ3) is 3.88. The van der Waals surface area contributed by atoms with Crippen LogP contribution in [0.5, 0.6) is 5.75 Å².